The summed E-state index contributed by atoms with van der Waals surface area (Å²) in [5.74, 6) is 1.85. The molecule has 0 aromatic heterocycles. The summed E-state index contributed by atoms with van der Waals surface area (Å²) in [7, 11) is 2.20. The van der Waals surface area contributed by atoms with Crippen molar-refractivity contribution in [2.45, 2.75) is 52.5 Å². The van der Waals surface area contributed by atoms with Crippen LogP contribution in [0.15, 0.2) is 35.3 Å². The van der Waals surface area contributed by atoms with Gasteiger partial charge in [0, 0.05) is 32.2 Å². The molecule has 1 atom stereocenters. The highest BCUT2D eigenvalue weighted by Crippen LogP contribution is 2.21. The van der Waals surface area contributed by atoms with Gasteiger partial charge in [0.2, 0.25) is 0 Å². The first kappa shape index (κ1) is 20.8. The normalized spacial score (nSPS) is 18.2. The Hall–Kier alpha value is -1.55. The van der Waals surface area contributed by atoms with Crippen molar-refractivity contribution in [2.24, 2.45) is 10.9 Å². The summed E-state index contributed by atoms with van der Waals surface area (Å²) in [6, 6.07) is 11.5. The van der Waals surface area contributed by atoms with Gasteiger partial charge >= 0.3 is 0 Å². The zero-order valence-corrected chi connectivity index (χ0v) is 17.2. The lowest BCUT2D eigenvalue weighted by Crippen LogP contribution is -2.40. The van der Waals surface area contributed by atoms with Gasteiger partial charge in [0.05, 0.1) is 0 Å². The van der Waals surface area contributed by atoms with Crippen LogP contribution in [0.25, 0.3) is 0 Å². The Bertz CT molecular complexity index is 526. The van der Waals surface area contributed by atoms with Crippen LogP contribution in [0.3, 0.4) is 0 Å². The van der Waals surface area contributed by atoms with E-state index in [1.54, 1.807) is 0 Å². The van der Waals surface area contributed by atoms with Crippen LogP contribution in [0.4, 0.5) is 0 Å². The summed E-state index contributed by atoms with van der Waals surface area (Å²) in [4.78, 5) is 9.75. The zero-order chi connectivity index (χ0) is 18.8. The molecular weight excluding hydrogens is 320 g/mol. The molecule has 0 radical (unpaired) electrons. The van der Waals surface area contributed by atoms with E-state index < -0.39 is 0 Å². The standard InChI is InChI=1S/C22H38N4/c1-5-23-22(24-14-9-10-15-25(4)19(2)3)26-16-13-21(18-26)17-20-11-7-6-8-12-20/h6-8,11-12,19,21H,5,9-10,13-18H2,1-4H3,(H,23,24). The highest BCUT2D eigenvalue weighted by Gasteiger charge is 2.24. The van der Waals surface area contributed by atoms with Crippen LogP contribution >= 0.6 is 0 Å². The van der Waals surface area contributed by atoms with E-state index in [-0.39, 0.29) is 0 Å². The van der Waals surface area contributed by atoms with Crippen molar-refractivity contribution < 1.29 is 0 Å². The maximum Gasteiger partial charge on any atom is 0.193 e. The van der Waals surface area contributed by atoms with Crippen LogP contribution in [-0.4, -0.2) is 61.6 Å². The predicted octanol–water partition coefficient (Wildman–Crippen LogP) is 3.64. The average molecular weight is 359 g/mol. The molecule has 2 rings (SSSR count). The number of unbranched alkanes of at least 4 members (excludes halogenated alkanes) is 1. The van der Waals surface area contributed by atoms with Crippen LogP contribution in [-0.2, 0) is 6.42 Å². The second-order valence-electron chi connectivity index (χ2n) is 7.81. The minimum Gasteiger partial charge on any atom is -0.357 e. The molecule has 0 bridgehead atoms. The zero-order valence-electron chi connectivity index (χ0n) is 17.2. The molecule has 0 amide bonds. The molecular formula is C22H38N4. The minimum absolute atomic E-state index is 0.627. The smallest absolute Gasteiger partial charge is 0.193 e. The average Bonchev–Trinajstić information content (AvgIpc) is 3.09. The number of nitrogens with zero attached hydrogens (tertiary/aromatic N) is 3. The molecule has 1 aromatic carbocycles. The fourth-order valence-corrected chi connectivity index (χ4v) is 3.48. The SMILES string of the molecule is CCNC(=NCCCCN(C)C(C)C)N1CCC(Cc2ccccc2)C1. The van der Waals surface area contributed by atoms with Gasteiger partial charge in [-0.2, -0.15) is 0 Å². The molecule has 1 aromatic rings. The van der Waals surface area contributed by atoms with Gasteiger partial charge in [-0.15, -0.1) is 0 Å². The topological polar surface area (TPSA) is 30.9 Å². The van der Waals surface area contributed by atoms with Crippen LogP contribution in [0, 0.1) is 5.92 Å². The van der Waals surface area contributed by atoms with E-state index in [0.29, 0.717) is 6.04 Å². The fraction of sp³-hybridized carbons (Fsp3) is 0.682. The van der Waals surface area contributed by atoms with E-state index in [1.807, 2.05) is 0 Å². The van der Waals surface area contributed by atoms with Crippen LogP contribution in [0.2, 0.25) is 0 Å². The van der Waals surface area contributed by atoms with Crippen molar-refractivity contribution in [1.82, 2.24) is 15.1 Å². The maximum atomic E-state index is 4.89. The quantitative estimate of drug-likeness (QED) is 0.415. The molecule has 0 saturated carbocycles. The van der Waals surface area contributed by atoms with Crippen molar-refractivity contribution >= 4 is 5.96 Å². The minimum atomic E-state index is 0.627. The summed E-state index contributed by atoms with van der Waals surface area (Å²) < 4.78 is 0. The number of nitrogens with one attached hydrogen (secondary N) is 1. The largest absolute Gasteiger partial charge is 0.357 e. The van der Waals surface area contributed by atoms with Gasteiger partial charge in [-0.05, 0) is 71.5 Å². The van der Waals surface area contributed by atoms with E-state index in [1.165, 1.54) is 24.8 Å². The molecule has 1 heterocycles. The Morgan fingerprint density at radius 2 is 2.04 bits per heavy atom. The highest BCUT2D eigenvalue weighted by atomic mass is 15.3. The monoisotopic (exact) mass is 358 g/mol. The van der Waals surface area contributed by atoms with Gasteiger partial charge in [0.15, 0.2) is 5.96 Å². The Kier molecular flexibility index (Phi) is 8.96. The Labute approximate surface area is 160 Å². The molecule has 0 spiro atoms. The van der Waals surface area contributed by atoms with Gasteiger partial charge in [0.1, 0.15) is 0 Å². The first-order valence-electron chi connectivity index (χ1n) is 10.4. The summed E-state index contributed by atoms with van der Waals surface area (Å²) in [5, 5.41) is 3.49. The van der Waals surface area contributed by atoms with Gasteiger partial charge in [-0.25, -0.2) is 0 Å². The third kappa shape index (κ3) is 6.99. The van der Waals surface area contributed by atoms with E-state index in [4.69, 9.17) is 4.99 Å². The van der Waals surface area contributed by atoms with Crippen molar-refractivity contribution in [3.8, 4) is 0 Å². The third-order valence-electron chi connectivity index (χ3n) is 5.35. The predicted molar refractivity (Wildman–Crippen MR) is 113 cm³/mol. The lowest BCUT2D eigenvalue weighted by Gasteiger charge is -2.22. The number of likely N-dealkylation sites (tertiary alicyclic amines) is 1. The molecule has 1 fully saturated rings. The Morgan fingerprint density at radius 3 is 2.73 bits per heavy atom. The van der Waals surface area contributed by atoms with E-state index >= 15 is 0 Å². The van der Waals surface area contributed by atoms with Crippen LogP contribution in [0.5, 0.6) is 0 Å². The van der Waals surface area contributed by atoms with Crippen molar-refractivity contribution in [1.29, 1.82) is 0 Å². The Balaban J connectivity index is 1.77. The number of hydrogen-bond donors (Lipinski definition) is 1. The third-order valence-corrected chi connectivity index (χ3v) is 5.35. The molecule has 1 N–H and O–H groups in total. The molecule has 4 nitrogen and oxygen atoms in total. The van der Waals surface area contributed by atoms with Gasteiger partial charge < -0.3 is 15.1 Å². The van der Waals surface area contributed by atoms with E-state index in [0.717, 1.165) is 51.0 Å². The summed E-state index contributed by atoms with van der Waals surface area (Å²) in [6.45, 7) is 11.9. The molecule has 1 unspecified atom stereocenters. The first-order valence-corrected chi connectivity index (χ1v) is 10.4. The summed E-state index contributed by atoms with van der Waals surface area (Å²) in [5.41, 5.74) is 1.45. The summed E-state index contributed by atoms with van der Waals surface area (Å²) in [6.07, 6.45) is 4.82. The Morgan fingerprint density at radius 1 is 1.27 bits per heavy atom. The number of guanidine groups is 1. The molecule has 26 heavy (non-hydrogen) atoms. The van der Waals surface area contributed by atoms with Gasteiger partial charge in [0.25, 0.3) is 0 Å². The second kappa shape index (κ2) is 11.2. The summed E-state index contributed by atoms with van der Waals surface area (Å²) >= 11 is 0. The second-order valence-corrected chi connectivity index (χ2v) is 7.81. The van der Waals surface area contributed by atoms with Gasteiger partial charge in [-0.1, -0.05) is 30.3 Å². The maximum absolute atomic E-state index is 4.89. The van der Waals surface area contributed by atoms with E-state index in [9.17, 15) is 0 Å². The van der Waals surface area contributed by atoms with E-state index in [2.05, 4.69) is 73.3 Å². The fourth-order valence-electron chi connectivity index (χ4n) is 3.48. The van der Waals surface area contributed by atoms with Crippen LogP contribution in [0.1, 0.15) is 45.6 Å². The highest BCUT2D eigenvalue weighted by molar-refractivity contribution is 5.80. The number of hydrogen-bond acceptors (Lipinski definition) is 2. The molecule has 0 aliphatic carbocycles. The molecule has 146 valence electrons. The lowest BCUT2D eigenvalue weighted by atomic mass is 9.99. The van der Waals surface area contributed by atoms with Crippen molar-refractivity contribution in [2.75, 3.05) is 39.8 Å². The number of rotatable bonds is 9. The van der Waals surface area contributed by atoms with Crippen LogP contribution < -0.4 is 5.32 Å². The number of aliphatic imine (C=N–C) groups is 1. The molecule has 1 aliphatic rings. The lowest BCUT2D eigenvalue weighted by molar-refractivity contribution is 0.269. The van der Waals surface area contributed by atoms with Gasteiger partial charge in [-0.3, -0.25) is 4.99 Å². The van der Waals surface area contributed by atoms with Crippen molar-refractivity contribution in [3.05, 3.63) is 35.9 Å². The molecule has 4 heteroatoms. The van der Waals surface area contributed by atoms with Crippen molar-refractivity contribution in [3.63, 3.8) is 0 Å². The molecule has 1 saturated heterocycles. The molecule has 1 aliphatic heterocycles. The first-order chi connectivity index (χ1) is 12.6. The number of benzene rings is 1.